The summed E-state index contributed by atoms with van der Waals surface area (Å²) in [6.07, 6.45) is 6.09. The Balaban J connectivity index is 1.30. The maximum Gasteiger partial charge on any atom is 0.256 e. The molecule has 1 aromatic carbocycles. The molecule has 0 unspecified atom stereocenters. The molecule has 0 bridgehead atoms. The van der Waals surface area contributed by atoms with Gasteiger partial charge in [-0.1, -0.05) is 19.1 Å². The molecule has 1 atom stereocenters. The number of carbonyl (C=O) groups is 2. The van der Waals surface area contributed by atoms with E-state index in [4.69, 9.17) is 21.9 Å². The molecule has 4 heterocycles. The van der Waals surface area contributed by atoms with Gasteiger partial charge < -0.3 is 32.2 Å². The van der Waals surface area contributed by atoms with Crippen molar-refractivity contribution >= 4 is 46.8 Å². The third-order valence-electron chi connectivity index (χ3n) is 7.76. The van der Waals surface area contributed by atoms with E-state index in [2.05, 4.69) is 26.5 Å². The fraction of sp³-hybridized carbons (Fsp3) is 0.400. The predicted molar refractivity (Wildman–Crippen MR) is 167 cm³/mol. The highest BCUT2D eigenvalue weighted by Gasteiger charge is 2.44. The van der Waals surface area contributed by atoms with Gasteiger partial charge in [0.2, 0.25) is 5.91 Å². The topological polar surface area (TPSA) is 165 Å². The van der Waals surface area contributed by atoms with Gasteiger partial charge in [0, 0.05) is 54.3 Å². The van der Waals surface area contributed by atoms with Crippen LogP contribution in [0.25, 0.3) is 5.70 Å². The number of likely N-dealkylation sites (tertiary alicyclic amines) is 1. The molecule has 2 aromatic rings. The van der Waals surface area contributed by atoms with E-state index in [-0.39, 0.29) is 11.8 Å². The second-order valence-corrected chi connectivity index (χ2v) is 12.1. The number of ether oxygens (including phenoxy) is 1. The number of allylic oxidation sites excluding steroid dienone is 1. The number of benzene rings is 1. The van der Waals surface area contributed by atoms with E-state index in [9.17, 15) is 9.59 Å². The third kappa shape index (κ3) is 6.24. The molecule has 3 aliphatic heterocycles. The number of nitrogens with zero attached hydrogens (tertiary/aromatic N) is 4. The van der Waals surface area contributed by atoms with Crippen molar-refractivity contribution in [3.8, 4) is 0 Å². The normalized spacial score (nSPS) is 21.1. The number of nitrogen functional groups attached to an aromatic ring is 1. The summed E-state index contributed by atoms with van der Waals surface area (Å²) in [7, 11) is 0. The average molecular weight is 591 g/mol. The summed E-state index contributed by atoms with van der Waals surface area (Å²) >= 11 is 1.65. The number of hydrogen-bond donors (Lipinski definition) is 4. The molecule has 222 valence electrons. The summed E-state index contributed by atoms with van der Waals surface area (Å²) in [6, 6.07) is 10.2. The number of aromatic nitrogens is 1. The Labute approximate surface area is 250 Å². The molecule has 2 fully saturated rings. The fourth-order valence-corrected chi connectivity index (χ4v) is 6.55. The Morgan fingerprint density at radius 3 is 2.57 bits per heavy atom. The first-order chi connectivity index (χ1) is 20.2. The molecule has 0 saturated carbocycles. The number of amidine groups is 1. The summed E-state index contributed by atoms with van der Waals surface area (Å²) in [5, 5.41) is 2.75. The van der Waals surface area contributed by atoms with Crippen molar-refractivity contribution in [2.24, 2.45) is 27.8 Å². The van der Waals surface area contributed by atoms with Crippen LogP contribution >= 0.6 is 11.9 Å². The molecular weight excluding hydrogens is 552 g/mol. The number of nitrogens with two attached hydrogens (primary N) is 3. The number of pyridine rings is 1. The van der Waals surface area contributed by atoms with E-state index in [0.29, 0.717) is 53.4 Å². The van der Waals surface area contributed by atoms with Crippen LogP contribution in [0.3, 0.4) is 0 Å². The number of anilines is 2. The molecule has 0 radical (unpaired) electrons. The van der Waals surface area contributed by atoms with Crippen LogP contribution in [0.2, 0.25) is 0 Å². The van der Waals surface area contributed by atoms with Crippen LogP contribution in [0, 0.1) is 11.3 Å². The Hall–Kier alpha value is -4.03. The van der Waals surface area contributed by atoms with Crippen molar-refractivity contribution in [2.75, 3.05) is 43.1 Å². The van der Waals surface area contributed by atoms with Crippen molar-refractivity contribution < 1.29 is 14.3 Å². The van der Waals surface area contributed by atoms with Gasteiger partial charge in [0.25, 0.3) is 5.91 Å². The molecule has 12 heteroatoms. The minimum absolute atomic E-state index is 0.193. The highest BCUT2D eigenvalue weighted by molar-refractivity contribution is 7.97. The standard InChI is InChI=1S/C30H38N8O3S/c1-3-23-14-35-27(33)26(38(23)42-16-19-5-4-12-37(15-19)29(40)30(2)17-41-18-30)25(32)20-6-8-21(9-7-20)28(39)36-24-13-22(31)10-11-34-24/h6-11,13-14,19H,3-5,12,15-18,32H2,1-2H3,(H2,33,35)(H3,31,34,36,39)/b26-25-/t19-/m1/s1. The van der Waals surface area contributed by atoms with Gasteiger partial charge in [-0.3, -0.25) is 13.9 Å². The van der Waals surface area contributed by atoms with Crippen LogP contribution in [0.4, 0.5) is 11.5 Å². The molecule has 7 N–H and O–H groups in total. The highest BCUT2D eigenvalue weighted by atomic mass is 32.2. The van der Waals surface area contributed by atoms with Crippen molar-refractivity contribution in [1.82, 2.24) is 14.2 Å². The second kappa shape index (κ2) is 12.5. The largest absolute Gasteiger partial charge is 0.399 e. The van der Waals surface area contributed by atoms with Crippen LogP contribution in [-0.4, -0.2) is 63.9 Å². The lowest BCUT2D eigenvalue weighted by molar-refractivity contribution is -0.170. The van der Waals surface area contributed by atoms with E-state index >= 15 is 0 Å². The lowest BCUT2D eigenvalue weighted by Gasteiger charge is -2.43. The maximum absolute atomic E-state index is 13.1. The summed E-state index contributed by atoms with van der Waals surface area (Å²) in [4.78, 5) is 36.4. The predicted octanol–water partition coefficient (Wildman–Crippen LogP) is 3.39. The van der Waals surface area contributed by atoms with Gasteiger partial charge in [0.05, 0.1) is 24.3 Å². The molecule has 3 aliphatic rings. The number of aliphatic imine (C=N–C) groups is 1. The van der Waals surface area contributed by atoms with Crippen LogP contribution in [0.5, 0.6) is 0 Å². The Morgan fingerprint density at radius 1 is 1.17 bits per heavy atom. The van der Waals surface area contributed by atoms with E-state index < -0.39 is 5.41 Å². The molecule has 0 spiro atoms. The van der Waals surface area contributed by atoms with Crippen LogP contribution in [-0.2, 0) is 9.53 Å². The van der Waals surface area contributed by atoms with Gasteiger partial charge in [-0.25, -0.2) is 9.98 Å². The number of amides is 2. The molecule has 42 heavy (non-hydrogen) atoms. The molecular formula is C30H38N8O3S. The number of piperidine rings is 1. The molecule has 1 aromatic heterocycles. The molecule has 11 nitrogen and oxygen atoms in total. The SMILES string of the molecule is CCC1=CN=C(N)/C(=C(/N)c2ccc(C(=O)Nc3cc(N)ccn3)cc2)N1SC[C@@H]1CCCN(C(=O)C2(C)COC2)C1. The molecule has 5 rings (SSSR count). The van der Waals surface area contributed by atoms with Gasteiger partial charge in [0.1, 0.15) is 17.4 Å². The molecule has 2 saturated heterocycles. The van der Waals surface area contributed by atoms with Crippen molar-refractivity contribution in [3.05, 3.63) is 71.3 Å². The van der Waals surface area contributed by atoms with Gasteiger partial charge in [-0.05, 0) is 67.8 Å². The van der Waals surface area contributed by atoms with Gasteiger partial charge in [0.15, 0.2) is 0 Å². The first-order valence-electron chi connectivity index (χ1n) is 14.1. The first kappa shape index (κ1) is 29.5. The van der Waals surface area contributed by atoms with E-state index in [1.54, 1.807) is 54.5 Å². The fourth-order valence-electron chi connectivity index (χ4n) is 5.26. The quantitative estimate of drug-likeness (QED) is 0.337. The summed E-state index contributed by atoms with van der Waals surface area (Å²) in [5.74, 6) is 1.72. The number of nitrogens with one attached hydrogen (secondary N) is 1. The Kier molecular flexibility index (Phi) is 8.74. The number of hydrogen-bond acceptors (Lipinski definition) is 10. The molecule has 0 aliphatic carbocycles. The van der Waals surface area contributed by atoms with Crippen LogP contribution in [0.15, 0.2) is 65.2 Å². The monoisotopic (exact) mass is 590 g/mol. The van der Waals surface area contributed by atoms with Gasteiger partial charge in [-0.15, -0.1) is 0 Å². The Bertz CT molecular complexity index is 1430. The Morgan fingerprint density at radius 2 is 1.90 bits per heavy atom. The van der Waals surface area contributed by atoms with Gasteiger partial charge >= 0.3 is 0 Å². The summed E-state index contributed by atoms with van der Waals surface area (Å²) < 4.78 is 7.40. The smallest absolute Gasteiger partial charge is 0.256 e. The van der Waals surface area contributed by atoms with E-state index in [1.165, 1.54) is 6.20 Å². The highest BCUT2D eigenvalue weighted by Crippen LogP contribution is 2.36. The van der Waals surface area contributed by atoms with Crippen molar-refractivity contribution in [1.29, 1.82) is 0 Å². The number of carbonyl (C=O) groups excluding carboxylic acids is 2. The second-order valence-electron chi connectivity index (χ2n) is 11.2. The number of rotatable bonds is 8. The van der Waals surface area contributed by atoms with Crippen LogP contribution in [0.1, 0.15) is 49.0 Å². The first-order valence-corrected chi connectivity index (χ1v) is 15.1. The average Bonchev–Trinajstić information content (AvgIpc) is 2.98. The summed E-state index contributed by atoms with van der Waals surface area (Å²) in [6.45, 7) is 6.57. The van der Waals surface area contributed by atoms with Crippen molar-refractivity contribution in [2.45, 2.75) is 33.1 Å². The lowest BCUT2D eigenvalue weighted by Crippen LogP contribution is -2.55. The zero-order valence-corrected chi connectivity index (χ0v) is 24.8. The zero-order chi connectivity index (χ0) is 29.9. The summed E-state index contributed by atoms with van der Waals surface area (Å²) in [5.41, 5.74) is 22.3. The lowest BCUT2D eigenvalue weighted by atomic mass is 9.85. The minimum atomic E-state index is -0.391. The zero-order valence-electron chi connectivity index (χ0n) is 24.0. The van der Waals surface area contributed by atoms with E-state index in [0.717, 1.165) is 49.4 Å². The third-order valence-corrected chi connectivity index (χ3v) is 9.06. The van der Waals surface area contributed by atoms with Crippen LogP contribution < -0.4 is 22.5 Å². The molecule has 2 amide bonds. The minimum Gasteiger partial charge on any atom is -0.399 e. The van der Waals surface area contributed by atoms with Gasteiger partial charge in [-0.2, -0.15) is 0 Å². The van der Waals surface area contributed by atoms with E-state index in [1.807, 2.05) is 11.8 Å². The maximum atomic E-state index is 13.1. The van der Waals surface area contributed by atoms with Crippen molar-refractivity contribution in [3.63, 3.8) is 0 Å².